The molecule has 5 nitrogen and oxygen atoms in total. The Morgan fingerprint density at radius 2 is 2.09 bits per heavy atom. The van der Waals surface area contributed by atoms with Gasteiger partial charge in [0.15, 0.2) is 0 Å². The molecule has 0 saturated carbocycles. The van der Waals surface area contributed by atoms with Gasteiger partial charge in [-0.25, -0.2) is 4.79 Å². The lowest BCUT2D eigenvalue weighted by atomic mass is 10.1. The van der Waals surface area contributed by atoms with Crippen LogP contribution in [0.3, 0.4) is 0 Å². The number of carbonyl (C=O) groups is 1. The Morgan fingerprint density at radius 1 is 1.27 bits per heavy atom. The van der Waals surface area contributed by atoms with Crippen LogP contribution >= 0.6 is 0 Å². The van der Waals surface area contributed by atoms with Gasteiger partial charge in [-0.15, -0.1) is 0 Å². The molecule has 3 rings (SSSR count). The summed E-state index contributed by atoms with van der Waals surface area (Å²) < 4.78 is 5.09. The Labute approximate surface area is 129 Å². The van der Waals surface area contributed by atoms with Gasteiger partial charge in [0.25, 0.3) is 0 Å². The van der Waals surface area contributed by atoms with Crippen molar-refractivity contribution in [3.05, 3.63) is 53.6 Å². The van der Waals surface area contributed by atoms with Crippen molar-refractivity contribution in [3.8, 4) is 5.75 Å². The van der Waals surface area contributed by atoms with Crippen LogP contribution in [-0.4, -0.2) is 13.1 Å². The number of hydrogen-bond acceptors (Lipinski definition) is 3. The van der Waals surface area contributed by atoms with Gasteiger partial charge in [-0.3, -0.25) is 0 Å². The third kappa shape index (κ3) is 2.83. The van der Waals surface area contributed by atoms with Crippen molar-refractivity contribution in [3.63, 3.8) is 0 Å². The average molecular weight is 297 g/mol. The molecule has 5 heteroatoms. The molecule has 0 heterocycles. The molecule has 1 aliphatic rings. The molecule has 22 heavy (non-hydrogen) atoms. The minimum absolute atomic E-state index is 0.0515. The minimum Gasteiger partial charge on any atom is -0.497 e. The second kappa shape index (κ2) is 5.97. The van der Waals surface area contributed by atoms with Gasteiger partial charge in [0.05, 0.1) is 24.5 Å². The van der Waals surface area contributed by atoms with Crippen molar-refractivity contribution in [1.82, 2.24) is 5.32 Å². The van der Waals surface area contributed by atoms with Crippen molar-refractivity contribution in [2.75, 3.05) is 18.2 Å². The van der Waals surface area contributed by atoms with E-state index in [9.17, 15) is 4.79 Å². The fraction of sp³-hybridized carbons (Fsp3) is 0.235. The Morgan fingerprint density at radius 3 is 2.86 bits per heavy atom. The normalized spacial score (nSPS) is 16.0. The van der Waals surface area contributed by atoms with Crippen LogP contribution in [0.1, 0.15) is 23.6 Å². The summed E-state index contributed by atoms with van der Waals surface area (Å²) >= 11 is 0. The Bertz CT molecular complexity index is 700. The fourth-order valence-electron chi connectivity index (χ4n) is 2.81. The summed E-state index contributed by atoms with van der Waals surface area (Å²) in [4.78, 5) is 12.2. The third-order valence-electron chi connectivity index (χ3n) is 3.95. The maximum absolute atomic E-state index is 12.2. The number of ether oxygens (including phenoxy) is 1. The second-order valence-electron chi connectivity index (χ2n) is 5.34. The number of hydrogen-bond donors (Lipinski definition) is 3. The number of aryl methyl sites for hydroxylation is 1. The van der Waals surface area contributed by atoms with E-state index in [4.69, 9.17) is 10.5 Å². The number of methoxy groups -OCH3 is 1. The van der Waals surface area contributed by atoms with E-state index in [2.05, 4.69) is 22.8 Å². The highest BCUT2D eigenvalue weighted by atomic mass is 16.5. The lowest BCUT2D eigenvalue weighted by Crippen LogP contribution is -2.31. The molecule has 0 fully saturated rings. The van der Waals surface area contributed by atoms with Crippen LogP contribution in [0, 0.1) is 0 Å². The van der Waals surface area contributed by atoms with Crippen LogP contribution in [0.15, 0.2) is 42.5 Å². The van der Waals surface area contributed by atoms with Crippen molar-refractivity contribution in [1.29, 1.82) is 0 Å². The molecule has 0 aromatic heterocycles. The quantitative estimate of drug-likeness (QED) is 0.762. The predicted octanol–water partition coefficient (Wildman–Crippen LogP) is 3.09. The SMILES string of the molecule is COc1ccc(NC(=O)NC2CCc3ccccc32)c(N)c1. The van der Waals surface area contributed by atoms with Crippen molar-refractivity contribution >= 4 is 17.4 Å². The van der Waals surface area contributed by atoms with E-state index in [0.717, 1.165) is 12.8 Å². The van der Waals surface area contributed by atoms with Crippen LogP contribution < -0.4 is 21.1 Å². The van der Waals surface area contributed by atoms with E-state index in [1.807, 2.05) is 12.1 Å². The first kappa shape index (κ1) is 14.3. The number of anilines is 2. The highest BCUT2D eigenvalue weighted by molar-refractivity contribution is 5.93. The number of rotatable bonds is 3. The summed E-state index contributed by atoms with van der Waals surface area (Å²) in [6, 6.07) is 13.2. The van der Waals surface area contributed by atoms with Gasteiger partial charge in [-0.1, -0.05) is 24.3 Å². The number of fused-ring (bicyclic) bond motifs is 1. The maximum Gasteiger partial charge on any atom is 0.319 e. The van der Waals surface area contributed by atoms with E-state index in [1.165, 1.54) is 11.1 Å². The summed E-state index contributed by atoms with van der Waals surface area (Å²) in [5, 5.41) is 5.79. The van der Waals surface area contributed by atoms with Crippen molar-refractivity contribution in [2.24, 2.45) is 0 Å². The van der Waals surface area contributed by atoms with Crippen LogP contribution in [0.5, 0.6) is 5.75 Å². The minimum atomic E-state index is -0.251. The highest BCUT2D eigenvalue weighted by Gasteiger charge is 2.23. The standard InChI is InChI=1S/C17H19N3O2/c1-22-12-7-9-16(14(18)10-12)20-17(21)19-15-8-6-11-4-2-3-5-13(11)15/h2-5,7,9-10,15H,6,8,18H2,1H3,(H2,19,20,21). The van der Waals surface area contributed by atoms with E-state index >= 15 is 0 Å². The van der Waals surface area contributed by atoms with Gasteiger partial charge in [-0.05, 0) is 36.1 Å². The number of urea groups is 1. The van der Waals surface area contributed by atoms with Crippen molar-refractivity contribution in [2.45, 2.75) is 18.9 Å². The van der Waals surface area contributed by atoms with Gasteiger partial charge >= 0.3 is 6.03 Å². The number of nitrogens with two attached hydrogens (primary N) is 1. The van der Waals surface area contributed by atoms with E-state index in [-0.39, 0.29) is 12.1 Å². The molecule has 2 amide bonds. The highest BCUT2D eigenvalue weighted by Crippen LogP contribution is 2.31. The van der Waals surface area contributed by atoms with Gasteiger partial charge in [0.2, 0.25) is 0 Å². The lowest BCUT2D eigenvalue weighted by Gasteiger charge is -2.16. The number of nitrogens with one attached hydrogen (secondary N) is 2. The van der Waals surface area contributed by atoms with Crippen LogP contribution in [-0.2, 0) is 6.42 Å². The molecule has 0 saturated heterocycles. The molecule has 1 unspecified atom stereocenters. The van der Waals surface area contributed by atoms with Gasteiger partial charge in [0, 0.05) is 6.07 Å². The molecule has 0 radical (unpaired) electrons. The largest absolute Gasteiger partial charge is 0.497 e. The van der Waals surface area contributed by atoms with Crippen LogP contribution in [0.4, 0.5) is 16.2 Å². The molecule has 1 atom stereocenters. The molecule has 0 spiro atoms. The summed E-state index contributed by atoms with van der Waals surface area (Å²) in [5.74, 6) is 0.660. The molecule has 1 aliphatic carbocycles. The predicted molar refractivity (Wildman–Crippen MR) is 87.1 cm³/mol. The van der Waals surface area contributed by atoms with E-state index in [0.29, 0.717) is 17.1 Å². The Balaban J connectivity index is 1.66. The van der Waals surface area contributed by atoms with Crippen LogP contribution in [0.25, 0.3) is 0 Å². The summed E-state index contributed by atoms with van der Waals surface area (Å²) in [7, 11) is 1.58. The van der Waals surface area contributed by atoms with Gasteiger partial charge in [0.1, 0.15) is 5.75 Å². The van der Waals surface area contributed by atoms with Crippen molar-refractivity contribution < 1.29 is 9.53 Å². The summed E-state index contributed by atoms with van der Waals surface area (Å²) in [6.45, 7) is 0. The smallest absolute Gasteiger partial charge is 0.319 e. The molecule has 0 aliphatic heterocycles. The van der Waals surface area contributed by atoms with Crippen LogP contribution in [0.2, 0.25) is 0 Å². The molecule has 114 valence electrons. The first-order chi connectivity index (χ1) is 10.7. The third-order valence-corrected chi connectivity index (χ3v) is 3.95. The average Bonchev–Trinajstić information content (AvgIpc) is 2.92. The number of amides is 2. The summed E-state index contributed by atoms with van der Waals surface area (Å²) in [6.07, 6.45) is 1.91. The first-order valence-corrected chi connectivity index (χ1v) is 7.26. The molecule has 0 bridgehead atoms. The number of benzene rings is 2. The topological polar surface area (TPSA) is 76.4 Å². The monoisotopic (exact) mass is 297 g/mol. The zero-order valence-electron chi connectivity index (χ0n) is 12.4. The molecule has 4 N–H and O–H groups in total. The van der Waals surface area contributed by atoms with Gasteiger partial charge < -0.3 is 21.1 Å². The molecule has 2 aromatic carbocycles. The molecular weight excluding hydrogens is 278 g/mol. The summed E-state index contributed by atoms with van der Waals surface area (Å²) in [5.41, 5.74) is 9.45. The molecule has 2 aromatic rings. The van der Waals surface area contributed by atoms with E-state index < -0.39 is 0 Å². The Kier molecular flexibility index (Phi) is 3.87. The second-order valence-corrected chi connectivity index (χ2v) is 5.34. The fourth-order valence-corrected chi connectivity index (χ4v) is 2.81. The van der Waals surface area contributed by atoms with E-state index in [1.54, 1.807) is 25.3 Å². The zero-order chi connectivity index (χ0) is 15.5. The molecular formula is C17H19N3O2. The maximum atomic E-state index is 12.2. The number of nitrogen functional groups attached to an aromatic ring is 1. The number of carbonyl (C=O) groups excluding carboxylic acids is 1. The van der Waals surface area contributed by atoms with Gasteiger partial charge in [-0.2, -0.15) is 0 Å². The first-order valence-electron chi connectivity index (χ1n) is 7.26. The zero-order valence-corrected chi connectivity index (χ0v) is 12.4. The Hall–Kier alpha value is -2.69. The lowest BCUT2D eigenvalue weighted by molar-refractivity contribution is 0.248.